The lowest BCUT2D eigenvalue weighted by atomic mass is 9.78. The molecule has 202 valence electrons. The number of nitrogens with one attached hydrogen (secondary N) is 2. The SMILES string of the molecule is O=C(O)C(=O)O.O=C1NCN(c2ccccc2)C12CCN([C@H]1CC3(CCNCC3)Oc3ccccc31)CC2. The monoisotopic (exact) mass is 522 g/mol. The Morgan fingerprint density at radius 3 is 2.18 bits per heavy atom. The summed E-state index contributed by atoms with van der Waals surface area (Å²) in [7, 11) is 0. The molecule has 0 unspecified atom stereocenters. The van der Waals surface area contributed by atoms with E-state index in [0.29, 0.717) is 12.7 Å². The molecule has 4 aliphatic heterocycles. The number of carbonyl (C=O) groups is 3. The van der Waals surface area contributed by atoms with E-state index in [1.54, 1.807) is 0 Å². The lowest BCUT2D eigenvalue weighted by Crippen LogP contribution is -2.58. The Hall–Kier alpha value is -3.63. The summed E-state index contributed by atoms with van der Waals surface area (Å²) in [4.78, 5) is 36.2. The van der Waals surface area contributed by atoms with Crippen LogP contribution >= 0.6 is 0 Å². The summed E-state index contributed by atoms with van der Waals surface area (Å²) in [5.74, 6) is -2.41. The van der Waals surface area contributed by atoms with Crippen LogP contribution in [0.25, 0.3) is 0 Å². The van der Waals surface area contributed by atoms with Gasteiger partial charge in [0.05, 0.1) is 6.67 Å². The van der Waals surface area contributed by atoms with E-state index < -0.39 is 17.5 Å². The topological polar surface area (TPSA) is 131 Å². The molecule has 2 aromatic carbocycles. The second-order valence-electron chi connectivity index (χ2n) is 10.4. The Balaban J connectivity index is 0.000000443. The fourth-order valence-corrected chi connectivity index (χ4v) is 6.34. The van der Waals surface area contributed by atoms with Crippen molar-refractivity contribution in [1.82, 2.24) is 15.5 Å². The summed E-state index contributed by atoms with van der Waals surface area (Å²) >= 11 is 0. The summed E-state index contributed by atoms with van der Waals surface area (Å²) in [6, 6.07) is 19.3. The Kier molecular flexibility index (Phi) is 7.27. The number of carbonyl (C=O) groups excluding carboxylic acids is 1. The van der Waals surface area contributed by atoms with Gasteiger partial charge in [0.25, 0.3) is 0 Å². The summed E-state index contributed by atoms with van der Waals surface area (Å²) in [5.41, 5.74) is 1.93. The van der Waals surface area contributed by atoms with Crippen LogP contribution in [0.4, 0.5) is 5.69 Å². The van der Waals surface area contributed by atoms with E-state index in [1.807, 2.05) is 6.07 Å². The van der Waals surface area contributed by atoms with Crippen LogP contribution in [0.3, 0.4) is 0 Å². The van der Waals surface area contributed by atoms with Gasteiger partial charge in [-0.05, 0) is 57.0 Å². The number of para-hydroxylation sites is 2. The number of piperidine rings is 2. The normalized spacial score (nSPS) is 23.5. The summed E-state index contributed by atoms with van der Waals surface area (Å²) in [6.07, 6.45) is 4.84. The number of hydrogen-bond acceptors (Lipinski definition) is 7. The molecule has 3 fully saturated rings. The minimum atomic E-state index is -1.82. The first kappa shape index (κ1) is 26.0. The molecule has 4 heterocycles. The van der Waals surface area contributed by atoms with Crippen molar-refractivity contribution >= 4 is 23.5 Å². The van der Waals surface area contributed by atoms with Crippen molar-refractivity contribution in [1.29, 1.82) is 0 Å². The number of rotatable bonds is 2. The van der Waals surface area contributed by atoms with Crippen molar-refractivity contribution in [3.63, 3.8) is 0 Å². The number of amides is 1. The van der Waals surface area contributed by atoms with E-state index in [-0.39, 0.29) is 11.5 Å². The number of anilines is 1. The van der Waals surface area contributed by atoms with Gasteiger partial charge in [-0.2, -0.15) is 0 Å². The van der Waals surface area contributed by atoms with Gasteiger partial charge in [-0.15, -0.1) is 0 Å². The van der Waals surface area contributed by atoms with E-state index in [4.69, 9.17) is 24.5 Å². The van der Waals surface area contributed by atoms with Gasteiger partial charge in [-0.1, -0.05) is 36.4 Å². The fraction of sp³-hybridized carbons (Fsp3) is 0.464. The molecule has 2 aromatic rings. The van der Waals surface area contributed by atoms with Crippen molar-refractivity contribution in [3.05, 3.63) is 60.2 Å². The smallest absolute Gasteiger partial charge is 0.414 e. The number of carboxylic acid groups (broad SMARTS) is 2. The van der Waals surface area contributed by atoms with Gasteiger partial charge in [0.1, 0.15) is 16.9 Å². The molecule has 4 aliphatic rings. The molecule has 6 rings (SSSR count). The molecule has 0 bridgehead atoms. The molecule has 10 nitrogen and oxygen atoms in total. The van der Waals surface area contributed by atoms with Crippen LogP contribution in [-0.4, -0.2) is 76.9 Å². The van der Waals surface area contributed by atoms with E-state index in [9.17, 15) is 4.79 Å². The number of hydrogen-bond donors (Lipinski definition) is 4. The van der Waals surface area contributed by atoms with Gasteiger partial charge in [-0.25, -0.2) is 9.59 Å². The highest BCUT2D eigenvalue weighted by Crippen LogP contribution is 2.47. The highest BCUT2D eigenvalue weighted by molar-refractivity contribution is 6.27. The van der Waals surface area contributed by atoms with E-state index in [1.165, 1.54) is 5.56 Å². The number of fused-ring (bicyclic) bond motifs is 1. The Morgan fingerprint density at radius 1 is 0.895 bits per heavy atom. The van der Waals surface area contributed by atoms with Crippen LogP contribution in [0.15, 0.2) is 54.6 Å². The van der Waals surface area contributed by atoms with Crippen molar-refractivity contribution in [2.75, 3.05) is 37.7 Å². The highest BCUT2D eigenvalue weighted by Gasteiger charge is 2.52. The molecule has 0 radical (unpaired) electrons. The van der Waals surface area contributed by atoms with E-state index in [0.717, 1.165) is 69.7 Å². The summed E-state index contributed by atoms with van der Waals surface area (Å²) in [5, 5.41) is 21.4. The Labute approximate surface area is 221 Å². The molecular weight excluding hydrogens is 488 g/mol. The van der Waals surface area contributed by atoms with E-state index in [2.05, 4.69) is 69.0 Å². The maximum Gasteiger partial charge on any atom is 0.414 e. The maximum atomic E-state index is 13.1. The first-order valence-electron chi connectivity index (χ1n) is 13.1. The van der Waals surface area contributed by atoms with Crippen molar-refractivity contribution in [2.45, 2.75) is 49.3 Å². The zero-order valence-corrected chi connectivity index (χ0v) is 21.3. The quantitative estimate of drug-likeness (QED) is 0.439. The molecule has 4 N–H and O–H groups in total. The highest BCUT2D eigenvalue weighted by atomic mass is 16.5. The van der Waals surface area contributed by atoms with Gasteiger partial charge in [0, 0.05) is 36.8 Å². The molecule has 1 atom stereocenters. The number of likely N-dealkylation sites (tertiary alicyclic amines) is 1. The third kappa shape index (κ3) is 4.93. The molecule has 0 aliphatic carbocycles. The zero-order valence-electron chi connectivity index (χ0n) is 21.3. The predicted octanol–water partition coefficient (Wildman–Crippen LogP) is 2.22. The number of aliphatic carboxylic acids is 2. The third-order valence-corrected chi connectivity index (χ3v) is 8.34. The second kappa shape index (κ2) is 10.6. The lowest BCUT2D eigenvalue weighted by molar-refractivity contribution is -0.159. The van der Waals surface area contributed by atoms with Crippen molar-refractivity contribution in [3.8, 4) is 5.75 Å². The average molecular weight is 523 g/mol. The second-order valence-corrected chi connectivity index (χ2v) is 10.4. The summed E-state index contributed by atoms with van der Waals surface area (Å²) < 4.78 is 6.63. The van der Waals surface area contributed by atoms with Crippen LogP contribution in [0.2, 0.25) is 0 Å². The zero-order chi connectivity index (χ0) is 26.8. The predicted molar refractivity (Wildman–Crippen MR) is 140 cm³/mol. The van der Waals surface area contributed by atoms with Gasteiger partial charge in [-0.3, -0.25) is 9.69 Å². The van der Waals surface area contributed by atoms with Gasteiger partial charge in [0.2, 0.25) is 5.91 Å². The number of benzene rings is 2. The average Bonchev–Trinajstić information content (AvgIpc) is 3.25. The van der Waals surface area contributed by atoms with Crippen LogP contribution in [0.1, 0.15) is 43.7 Å². The third-order valence-electron chi connectivity index (χ3n) is 8.34. The first-order valence-corrected chi connectivity index (χ1v) is 13.1. The molecular formula is C28H34N4O6. The van der Waals surface area contributed by atoms with E-state index >= 15 is 0 Å². The molecule has 2 spiro atoms. The van der Waals surface area contributed by atoms with Crippen LogP contribution in [0, 0.1) is 0 Å². The van der Waals surface area contributed by atoms with Crippen LogP contribution in [0.5, 0.6) is 5.75 Å². The van der Waals surface area contributed by atoms with Gasteiger partial charge >= 0.3 is 11.9 Å². The van der Waals surface area contributed by atoms with Crippen molar-refractivity contribution in [2.24, 2.45) is 0 Å². The molecule has 0 aromatic heterocycles. The standard InChI is InChI=1S/C26H32N4O2.C2H2O4/c31-24-26(30(19-28-24)20-6-2-1-3-7-20)12-16-29(17-13-26)22-18-25(10-14-27-15-11-25)32-23-9-5-4-8-21(22)23;3-1(4)2(5)6/h1-9,22,27H,10-19H2,(H,28,31);(H,3,4)(H,5,6)/t22-;/m0./s1. The minimum Gasteiger partial charge on any atom is -0.487 e. The van der Waals surface area contributed by atoms with Gasteiger partial charge in [0.15, 0.2) is 0 Å². The lowest BCUT2D eigenvalue weighted by Gasteiger charge is -2.50. The molecule has 0 saturated carbocycles. The first-order chi connectivity index (χ1) is 18.3. The summed E-state index contributed by atoms with van der Waals surface area (Å²) in [6.45, 7) is 4.47. The number of ether oxygens (including phenoxy) is 1. The maximum absolute atomic E-state index is 13.1. The number of nitrogens with zero attached hydrogens (tertiary/aromatic N) is 2. The molecule has 3 saturated heterocycles. The minimum absolute atomic E-state index is 0.0692. The Bertz CT molecular complexity index is 1160. The van der Waals surface area contributed by atoms with Crippen LogP contribution < -0.4 is 20.3 Å². The molecule has 38 heavy (non-hydrogen) atoms. The van der Waals surface area contributed by atoms with Crippen molar-refractivity contribution < 1.29 is 29.3 Å². The largest absolute Gasteiger partial charge is 0.487 e. The molecule has 1 amide bonds. The van der Waals surface area contributed by atoms with Crippen LogP contribution in [-0.2, 0) is 14.4 Å². The van der Waals surface area contributed by atoms with Gasteiger partial charge < -0.3 is 30.5 Å². The fourth-order valence-electron chi connectivity index (χ4n) is 6.34. The molecule has 10 heteroatoms. The number of carboxylic acids is 2. The Morgan fingerprint density at radius 2 is 1.53 bits per heavy atom.